The van der Waals surface area contributed by atoms with Crippen LogP contribution < -0.4 is 16.8 Å². The zero-order valence-corrected chi connectivity index (χ0v) is 17.3. The van der Waals surface area contributed by atoms with Crippen molar-refractivity contribution in [3.63, 3.8) is 0 Å². The van der Waals surface area contributed by atoms with Crippen LogP contribution in [0.2, 0.25) is 0 Å². The molecule has 1 atom stereocenters. The van der Waals surface area contributed by atoms with Gasteiger partial charge in [-0.2, -0.15) is 0 Å². The van der Waals surface area contributed by atoms with Crippen molar-refractivity contribution in [1.82, 2.24) is 25.5 Å². The van der Waals surface area contributed by atoms with Crippen LogP contribution in [0.3, 0.4) is 0 Å². The number of nitrogens with one attached hydrogen (secondary N) is 1. The highest BCUT2D eigenvalue weighted by atomic mass is 16.2. The van der Waals surface area contributed by atoms with Gasteiger partial charge < -0.3 is 16.8 Å². The number of primary amides is 1. The Balaban J connectivity index is 1.75. The van der Waals surface area contributed by atoms with E-state index >= 15 is 0 Å². The number of hydrogen-bond donors (Lipinski definition) is 3. The third-order valence-corrected chi connectivity index (χ3v) is 4.71. The summed E-state index contributed by atoms with van der Waals surface area (Å²) in [5, 5.41) is 14.5. The number of Topliss-reactive ketones (excluding diaryl/α,β-unsaturated/α-hetero) is 1. The molecule has 10 nitrogen and oxygen atoms in total. The van der Waals surface area contributed by atoms with E-state index in [1.165, 1.54) is 0 Å². The van der Waals surface area contributed by atoms with Gasteiger partial charge in [-0.3, -0.25) is 9.59 Å². The molecule has 0 spiro atoms. The summed E-state index contributed by atoms with van der Waals surface area (Å²) in [5.41, 5.74) is 12.9. The summed E-state index contributed by atoms with van der Waals surface area (Å²) in [6.45, 7) is 0.286. The molecule has 0 saturated heterocycles. The number of amides is 2. The first-order chi connectivity index (χ1) is 15.4. The van der Waals surface area contributed by atoms with Crippen LogP contribution in [0.5, 0.6) is 0 Å². The molecular weight excluding hydrogens is 410 g/mol. The van der Waals surface area contributed by atoms with Gasteiger partial charge in [0.2, 0.25) is 5.91 Å². The molecule has 0 aliphatic carbocycles. The fourth-order valence-corrected chi connectivity index (χ4v) is 2.99. The number of carbonyl (C=O) groups excluding carboxylic acids is 3. The average Bonchev–Trinajstić information content (AvgIpc) is 3.30. The number of benzene rings is 2. The number of nitrogens with two attached hydrogens (primary N) is 2. The first kappa shape index (κ1) is 22.8. The molecule has 0 aliphatic heterocycles. The van der Waals surface area contributed by atoms with Gasteiger partial charge in [0.25, 0.3) is 0 Å². The molecule has 32 heavy (non-hydrogen) atoms. The lowest BCUT2D eigenvalue weighted by atomic mass is 9.89. The highest BCUT2D eigenvalue weighted by Gasteiger charge is 2.31. The Morgan fingerprint density at radius 3 is 2.22 bits per heavy atom. The largest absolute Gasteiger partial charge is 0.370 e. The maximum atomic E-state index is 13.0. The minimum Gasteiger partial charge on any atom is -0.370 e. The molecule has 3 aromatic rings. The number of hydrogen-bond acceptors (Lipinski definition) is 7. The van der Waals surface area contributed by atoms with Crippen molar-refractivity contribution >= 4 is 17.7 Å². The van der Waals surface area contributed by atoms with Gasteiger partial charge in [0.15, 0.2) is 11.6 Å². The molecular formula is C22H24N7O3. The van der Waals surface area contributed by atoms with Gasteiger partial charge in [-0.25, -0.2) is 4.79 Å². The van der Waals surface area contributed by atoms with E-state index in [4.69, 9.17) is 11.5 Å². The van der Waals surface area contributed by atoms with Gasteiger partial charge in [-0.1, -0.05) is 65.5 Å². The van der Waals surface area contributed by atoms with Crippen molar-refractivity contribution in [1.29, 1.82) is 0 Å². The highest BCUT2D eigenvalue weighted by Crippen LogP contribution is 2.20. The van der Waals surface area contributed by atoms with Crippen LogP contribution >= 0.6 is 0 Å². The molecule has 0 unspecified atom stereocenters. The van der Waals surface area contributed by atoms with Gasteiger partial charge in [0, 0.05) is 13.0 Å². The van der Waals surface area contributed by atoms with Crippen molar-refractivity contribution in [2.75, 3.05) is 0 Å². The van der Waals surface area contributed by atoms with E-state index in [1.54, 1.807) is 0 Å². The molecule has 0 saturated carbocycles. The Morgan fingerprint density at radius 1 is 0.969 bits per heavy atom. The minimum atomic E-state index is -0.958. The fourth-order valence-electron chi connectivity index (χ4n) is 2.99. The van der Waals surface area contributed by atoms with Crippen molar-refractivity contribution in [2.45, 2.75) is 31.8 Å². The van der Waals surface area contributed by atoms with E-state index in [0.29, 0.717) is 0 Å². The maximum Gasteiger partial charge on any atom is 0.361 e. The molecule has 1 radical (unpaired) electrons. The summed E-state index contributed by atoms with van der Waals surface area (Å²) in [5.74, 6) is -0.769. The second-order valence-corrected chi connectivity index (χ2v) is 7.16. The Kier molecular flexibility index (Phi) is 7.76. The number of nitrogens with zero attached hydrogens (tertiary/aromatic N) is 4. The van der Waals surface area contributed by atoms with Crippen LogP contribution in [0.4, 0.5) is 4.79 Å². The summed E-state index contributed by atoms with van der Waals surface area (Å²) in [6.07, 6.45) is 0.271. The number of ketones is 1. The van der Waals surface area contributed by atoms with Crippen molar-refractivity contribution in [2.24, 2.45) is 11.5 Å². The second-order valence-electron chi connectivity index (χ2n) is 7.16. The predicted octanol–water partition coefficient (Wildman–Crippen LogP) is 0.758. The third kappa shape index (κ3) is 6.29. The topological polar surface area (TPSA) is 159 Å². The van der Waals surface area contributed by atoms with Gasteiger partial charge in [-0.05, 0) is 29.2 Å². The van der Waals surface area contributed by atoms with E-state index in [-0.39, 0.29) is 37.5 Å². The SMILES string of the molecule is NC(=O)CC[C@H](N)C(=O)[C](Cc1ccccc1)c1nnn(C(=O)NCc2ccccc2)n1. The average molecular weight is 434 g/mol. The summed E-state index contributed by atoms with van der Waals surface area (Å²) in [6, 6.07) is 17.0. The number of aromatic nitrogens is 4. The summed E-state index contributed by atoms with van der Waals surface area (Å²) >= 11 is 0. The lowest BCUT2D eigenvalue weighted by Gasteiger charge is -2.16. The standard InChI is InChI=1S/C22H24N7O3/c23-18(11-12-19(24)30)20(31)17(13-15-7-3-1-4-8-15)21-26-28-29(27-21)22(32)25-14-16-9-5-2-6-10-16/h1-10,18H,11-14,23H2,(H2,24,30)(H,25,32)/t18-/m0/s1. The number of rotatable bonds is 10. The monoisotopic (exact) mass is 434 g/mol. The number of carbonyl (C=O) groups is 3. The molecule has 3 rings (SSSR count). The first-order valence-corrected chi connectivity index (χ1v) is 10.0. The zero-order valence-electron chi connectivity index (χ0n) is 17.3. The Bertz CT molecular complexity index is 1050. The van der Waals surface area contributed by atoms with E-state index in [9.17, 15) is 14.4 Å². The normalized spacial score (nSPS) is 11.8. The molecule has 0 bridgehead atoms. The quantitative estimate of drug-likeness (QED) is 0.425. The molecule has 0 aliphatic rings. The fraction of sp³-hybridized carbons (Fsp3) is 0.227. The van der Waals surface area contributed by atoms with Crippen LogP contribution in [-0.2, 0) is 22.6 Å². The van der Waals surface area contributed by atoms with E-state index in [1.807, 2.05) is 60.7 Å². The van der Waals surface area contributed by atoms with Crippen LogP contribution in [0.1, 0.15) is 29.8 Å². The Morgan fingerprint density at radius 2 is 1.59 bits per heavy atom. The van der Waals surface area contributed by atoms with Crippen LogP contribution in [-0.4, -0.2) is 44.0 Å². The molecule has 5 N–H and O–H groups in total. The molecule has 1 aromatic heterocycles. The summed E-state index contributed by atoms with van der Waals surface area (Å²) < 4.78 is 0. The van der Waals surface area contributed by atoms with E-state index < -0.39 is 23.8 Å². The van der Waals surface area contributed by atoms with Gasteiger partial charge in [0.05, 0.1) is 6.04 Å². The predicted molar refractivity (Wildman–Crippen MR) is 116 cm³/mol. The maximum absolute atomic E-state index is 13.0. The lowest BCUT2D eigenvalue weighted by molar-refractivity contribution is -0.119. The van der Waals surface area contributed by atoms with Crippen LogP contribution in [0.15, 0.2) is 60.7 Å². The molecule has 2 amide bonds. The van der Waals surface area contributed by atoms with Crippen molar-refractivity contribution in [3.8, 4) is 0 Å². The van der Waals surface area contributed by atoms with Crippen molar-refractivity contribution in [3.05, 3.63) is 83.5 Å². The van der Waals surface area contributed by atoms with Crippen LogP contribution in [0.25, 0.3) is 0 Å². The highest BCUT2D eigenvalue weighted by molar-refractivity contribution is 5.99. The summed E-state index contributed by atoms with van der Waals surface area (Å²) in [4.78, 5) is 37.3. The smallest absolute Gasteiger partial charge is 0.361 e. The van der Waals surface area contributed by atoms with Gasteiger partial charge in [-0.15, -0.1) is 10.2 Å². The van der Waals surface area contributed by atoms with E-state index in [0.717, 1.165) is 15.9 Å². The van der Waals surface area contributed by atoms with E-state index in [2.05, 4.69) is 20.7 Å². The molecule has 2 aromatic carbocycles. The molecule has 0 fully saturated rings. The minimum absolute atomic E-state index is 0.00300. The first-order valence-electron chi connectivity index (χ1n) is 10.0. The van der Waals surface area contributed by atoms with Crippen molar-refractivity contribution < 1.29 is 14.4 Å². The molecule has 10 heteroatoms. The number of tetrazole rings is 1. The third-order valence-electron chi connectivity index (χ3n) is 4.71. The lowest BCUT2D eigenvalue weighted by Crippen LogP contribution is -2.37. The van der Waals surface area contributed by atoms with Gasteiger partial charge >= 0.3 is 6.03 Å². The van der Waals surface area contributed by atoms with Gasteiger partial charge in [0.1, 0.15) is 5.92 Å². The van der Waals surface area contributed by atoms with Crippen LogP contribution in [0, 0.1) is 5.92 Å². The second kappa shape index (κ2) is 10.9. The summed E-state index contributed by atoms with van der Waals surface area (Å²) in [7, 11) is 0. The molecule has 1 heterocycles. The molecule has 165 valence electrons. The Labute approximate surface area is 185 Å². The Hall–Kier alpha value is -3.92. The zero-order chi connectivity index (χ0) is 22.9.